The second-order valence-corrected chi connectivity index (χ2v) is 10.2. The zero-order chi connectivity index (χ0) is 21.1. The smallest absolute Gasteiger partial charge is 0.748 e. The van der Waals surface area contributed by atoms with E-state index in [0.717, 1.165) is 32.1 Å². The van der Waals surface area contributed by atoms with Gasteiger partial charge < -0.3 is 9.66 Å². The monoisotopic (exact) mass is 458 g/mol. The summed E-state index contributed by atoms with van der Waals surface area (Å²) in [6, 6.07) is 0. The molecule has 0 aromatic rings. The van der Waals surface area contributed by atoms with E-state index >= 15 is 0 Å². The second kappa shape index (κ2) is 22.7. The third kappa shape index (κ3) is 22.5. The third-order valence-electron chi connectivity index (χ3n) is 5.71. The Morgan fingerprint density at radius 2 is 1.03 bits per heavy atom. The molecule has 0 aromatic heterocycles. The minimum atomic E-state index is -4.31. The van der Waals surface area contributed by atoms with Crippen molar-refractivity contribution in [3.63, 3.8) is 0 Å². The minimum absolute atomic E-state index is 0. The van der Waals surface area contributed by atoms with Gasteiger partial charge in [0.25, 0.3) is 0 Å². The Kier molecular flexibility index (Phi) is 25.6. The molecule has 0 rings (SSSR count). The number of rotatable bonds is 21. The normalized spacial score (nSPS) is 13.8. The van der Waals surface area contributed by atoms with E-state index in [2.05, 4.69) is 6.92 Å². The van der Waals surface area contributed by atoms with Crippen LogP contribution in [0.3, 0.4) is 0 Å². The van der Waals surface area contributed by atoms with Crippen molar-refractivity contribution in [1.29, 1.82) is 0 Å². The van der Waals surface area contributed by atoms with Crippen LogP contribution in [0.4, 0.5) is 0 Å². The van der Waals surface area contributed by atoms with Gasteiger partial charge in [0.05, 0.1) is 21.5 Å². The van der Waals surface area contributed by atoms with Gasteiger partial charge in [-0.2, -0.15) is 0 Å². The van der Waals surface area contributed by atoms with Crippen molar-refractivity contribution in [2.45, 2.75) is 147 Å². The average molecular weight is 459 g/mol. The Balaban J connectivity index is 0. The van der Waals surface area contributed by atoms with Crippen LogP contribution in [0.2, 0.25) is 0 Å². The van der Waals surface area contributed by atoms with Crippen LogP contribution in [0.1, 0.15) is 136 Å². The molecule has 0 aliphatic rings. The van der Waals surface area contributed by atoms with Crippen LogP contribution in [0.5, 0.6) is 0 Å². The molecule has 2 unspecified atom stereocenters. The zero-order valence-electron chi connectivity index (χ0n) is 19.7. The van der Waals surface area contributed by atoms with Crippen LogP contribution in [0, 0.1) is 0 Å². The van der Waals surface area contributed by atoms with Gasteiger partial charge in [-0.15, -0.1) is 0 Å². The molecule has 0 amide bonds. The molecule has 0 aliphatic heterocycles. The first-order valence-electron chi connectivity index (χ1n) is 12.0. The summed E-state index contributed by atoms with van der Waals surface area (Å²) in [6.07, 6.45) is 19.8. The van der Waals surface area contributed by atoms with Gasteiger partial charge in [0.2, 0.25) is 0 Å². The maximum Gasteiger partial charge on any atom is 1.00 e. The van der Waals surface area contributed by atoms with E-state index in [9.17, 15) is 18.1 Å². The Bertz CT molecular complexity index is 429. The van der Waals surface area contributed by atoms with Crippen LogP contribution in [0.25, 0.3) is 0 Å². The van der Waals surface area contributed by atoms with Crippen LogP contribution in [0.15, 0.2) is 0 Å². The molecular weight excluding hydrogens is 411 g/mol. The number of unbranched alkanes of at least 4 members (excludes halogenated alkanes) is 14. The van der Waals surface area contributed by atoms with Gasteiger partial charge in [-0.25, -0.2) is 8.42 Å². The largest absolute Gasteiger partial charge is 1.00 e. The fourth-order valence-electron chi connectivity index (χ4n) is 3.81. The van der Waals surface area contributed by atoms with E-state index in [-0.39, 0.29) is 57.8 Å². The fraction of sp³-hybridized carbons (Fsp3) is 1.00. The summed E-state index contributed by atoms with van der Waals surface area (Å²) in [5.41, 5.74) is 0. The number of aliphatic hydroxyl groups excluding tert-OH is 1. The number of aliphatic hydroxyl groups is 1. The molecule has 0 aliphatic carbocycles. The third-order valence-corrected chi connectivity index (χ3v) is 6.96. The molecule has 29 heavy (non-hydrogen) atoms. The van der Waals surface area contributed by atoms with Crippen molar-refractivity contribution < 1.29 is 69.5 Å². The first kappa shape index (κ1) is 32.7. The Morgan fingerprint density at radius 1 is 0.655 bits per heavy atom. The number of hydrogen-bond donors (Lipinski definition) is 1. The van der Waals surface area contributed by atoms with E-state index < -0.39 is 21.5 Å². The van der Waals surface area contributed by atoms with Crippen LogP contribution in [-0.2, 0) is 10.1 Å². The maximum atomic E-state index is 11.4. The first-order chi connectivity index (χ1) is 13.4. The molecule has 1 N–H and O–H groups in total. The SMILES string of the molecule is CCCCCCCCCCCCCCCCC(CC(O)CCCC)S(=O)(=O)[O-].[K+]. The molecular formula is C23H47KO4S. The van der Waals surface area contributed by atoms with Gasteiger partial charge in [0.1, 0.15) is 0 Å². The molecule has 2 atom stereocenters. The molecule has 0 aromatic carbocycles. The summed E-state index contributed by atoms with van der Waals surface area (Å²) in [6.45, 7) is 4.28. The van der Waals surface area contributed by atoms with Crippen LogP contribution in [-0.4, -0.2) is 29.4 Å². The summed E-state index contributed by atoms with van der Waals surface area (Å²) in [4.78, 5) is 0. The molecule has 0 spiro atoms. The molecule has 4 nitrogen and oxygen atoms in total. The molecule has 0 fully saturated rings. The van der Waals surface area contributed by atoms with Crippen molar-refractivity contribution in [2.24, 2.45) is 0 Å². The second-order valence-electron chi connectivity index (χ2n) is 8.53. The molecule has 170 valence electrons. The first-order valence-corrected chi connectivity index (χ1v) is 13.5. The van der Waals surface area contributed by atoms with Crippen molar-refractivity contribution >= 4 is 10.1 Å². The van der Waals surface area contributed by atoms with Crippen molar-refractivity contribution in [3.05, 3.63) is 0 Å². The van der Waals surface area contributed by atoms with Gasteiger partial charge >= 0.3 is 51.4 Å². The topological polar surface area (TPSA) is 77.4 Å². The Hall–Kier alpha value is 1.51. The molecule has 6 heteroatoms. The Morgan fingerprint density at radius 3 is 1.41 bits per heavy atom. The van der Waals surface area contributed by atoms with Gasteiger partial charge in [-0.05, 0) is 19.3 Å². The minimum Gasteiger partial charge on any atom is -0.748 e. The van der Waals surface area contributed by atoms with Crippen LogP contribution >= 0.6 is 0 Å². The predicted octanol–water partition coefficient (Wildman–Crippen LogP) is 3.72. The van der Waals surface area contributed by atoms with Gasteiger partial charge in [-0.1, -0.05) is 117 Å². The van der Waals surface area contributed by atoms with Gasteiger partial charge in [0.15, 0.2) is 0 Å². The van der Waals surface area contributed by atoms with E-state index in [1.807, 2.05) is 6.92 Å². The standard InChI is InChI=1S/C23H48O4S.K/c1-3-5-7-8-9-10-11-12-13-14-15-16-17-18-20-23(28(25,26)27)21-22(24)19-6-4-2;/h22-24H,3-21H2,1-2H3,(H,25,26,27);/q;+1/p-1. The summed E-state index contributed by atoms with van der Waals surface area (Å²) in [7, 11) is -4.31. The molecule has 0 saturated heterocycles. The molecule has 0 bridgehead atoms. The van der Waals surface area contributed by atoms with Crippen molar-refractivity contribution in [3.8, 4) is 0 Å². The maximum absolute atomic E-state index is 11.4. The van der Waals surface area contributed by atoms with Gasteiger partial charge in [0, 0.05) is 0 Å². The summed E-state index contributed by atoms with van der Waals surface area (Å²) in [5, 5.41) is 9.01. The zero-order valence-corrected chi connectivity index (χ0v) is 23.6. The van der Waals surface area contributed by atoms with Crippen LogP contribution < -0.4 is 51.4 Å². The van der Waals surface area contributed by atoms with E-state index in [0.29, 0.717) is 12.8 Å². The van der Waals surface area contributed by atoms with Crippen molar-refractivity contribution in [1.82, 2.24) is 0 Å². The molecule has 0 saturated carbocycles. The van der Waals surface area contributed by atoms with E-state index in [1.165, 1.54) is 70.6 Å². The van der Waals surface area contributed by atoms with E-state index in [4.69, 9.17) is 0 Å². The van der Waals surface area contributed by atoms with E-state index in [1.54, 1.807) is 0 Å². The van der Waals surface area contributed by atoms with Gasteiger partial charge in [-0.3, -0.25) is 0 Å². The average Bonchev–Trinajstić information content (AvgIpc) is 2.64. The molecule has 0 radical (unpaired) electrons. The fourth-order valence-corrected chi connectivity index (χ4v) is 4.72. The predicted molar refractivity (Wildman–Crippen MR) is 119 cm³/mol. The summed E-state index contributed by atoms with van der Waals surface area (Å²) < 4.78 is 34.3. The summed E-state index contributed by atoms with van der Waals surface area (Å²) >= 11 is 0. The van der Waals surface area contributed by atoms with Crippen molar-refractivity contribution in [2.75, 3.05) is 0 Å². The number of hydrogen-bond acceptors (Lipinski definition) is 4. The quantitative estimate of drug-likeness (QED) is 0.162. The Labute approximate surface area is 224 Å². The summed E-state index contributed by atoms with van der Waals surface area (Å²) in [5.74, 6) is 0. The molecule has 0 heterocycles.